The van der Waals surface area contributed by atoms with E-state index in [0.29, 0.717) is 19.6 Å². The van der Waals surface area contributed by atoms with Crippen LogP contribution in [0.25, 0.3) is 0 Å². The first kappa shape index (κ1) is 29.6. The van der Waals surface area contributed by atoms with Crippen molar-refractivity contribution < 1.29 is 19.4 Å². The lowest BCUT2D eigenvalue weighted by molar-refractivity contribution is -0.149. The van der Waals surface area contributed by atoms with Gasteiger partial charge in [-0.2, -0.15) is 0 Å². The number of nitrogens with zero attached hydrogens (tertiary/aromatic N) is 1. The van der Waals surface area contributed by atoms with Crippen LogP contribution in [-0.2, 0) is 35.2 Å². The monoisotopic (exact) mass is 563 g/mol. The van der Waals surface area contributed by atoms with Gasteiger partial charge in [0.2, 0.25) is 0 Å². The van der Waals surface area contributed by atoms with Crippen LogP contribution < -0.4 is 4.74 Å². The molecule has 1 aliphatic rings. The molecule has 1 aliphatic carbocycles. The predicted molar refractivity (Wildman–Crippen MR) is 167 cm³/mol. The first-order chi connectivity index (χ1) is 20.4. The Morgan fingerprint density at radius 2 is 1.55 bits per heavy atom. The number of hydrogen-bond donors (Lipinski definition) is 1. The van der Waals surface area contributed by atoms with E-state index in [4.69, 9.17) is 9.47 Å². The summed E-state index contributed by atoms with van der Waals surface area (Å²) in [5.74, 6) is -0.164. The predicted octanol–water partition coefficient (Wildman–Crippen LogP) is 6.82. The van der Waals surface area contributed by atoms with Crippen molar-refractivity contribution in [1.82, 2.24) is 4.90 Å². The largest absolute Gasteiger partial charge is 0.492 e. The van der Waals surface area contributed by atoms with E-state index in [1.54, 1.807) is 6.92 Å². The van der Waals surface area contributed by atoms with Gasteiger partial charge in [0.05, 0.1) is 6.04 Å². The number of hydrogen-bond acceptors (Lipinski definition) is 4. The molecule has 218 valence electrons. The van der Waals surface area contributed by atoms with Crippen LogP contribution in [0.5, 0.6) is 5.75 Å². The van der Waals surface area contributed by atoms with Crippen molar-refractivity contribution in [1.29, 1.82) is 0 Å². The Morgan fingerprint density at radius 3 is 2.24 bits per heavy atom. The van der Waals surface area contributed by atoms with E-state index in [1.165, 1.54) is 38.9 Å². The van der Waals surface area contributed by atoms with Gasteiger partial charge in [-0.3, -0.25) is 4.90 Å². The molecule has 5 rings (SSSR count). The summed E-state index contributed by atoms with van der Waals surface area (Å²) in [5, 5.41) is 9.37. The maximum atomic E-state index is 11.4. The Kier molecular flexibility index (Phi) is 9.73. The third-order valence-corrected chi connectivity index (χ3v) is 8.15. The van der Waals surface area contributed by atoms with Gasteiger partial charge in [0.1, 0.15) is 12.4 Å². The SMILES string of the molecule is CCOC(Cc1ccc(OCCN(C)C2c3ccc(C)cc3CCc3cc(Cc4ccccc4)ccc32)cc1)C(=O)O. The molecule has 5 heteroatoms. The second kappa shape index (κ2) is 13.8. The molecule has 42 heavy (non-hydrogen) atoms. The number of benzene rings is 4. The Balaban J connectivity index is 1.29. The highest BCUT2D eigenvalue weighted by atomic mass is 16.5. The standard InChI is InChI=1S/C37H41NO4/c1-4-41-35(37(39)40)25-28-11-16-32(17-12-28)42-21-20-38(3)36-33-18-10-26(2)22-30(33)14-15-31-24-29(13-19-34(31)36)23-27-8-6-5-7-9-27/h5-13,16-19,22,24,35-36H,4,14-15,20-21,23,25H2,1-3H3,(H,39,40). The lowest BCUT2D eigenvalue weighted by Gasteiger charge is -2.30. The van der Waals surface area contributed by atoms with Gasteiger partial charge >= 0.3 is 5.97 Å². The Labute approximate surface area is 249 Å². The van der Waals surface area contributed by atoms with Crippen molar-refractivity contribution in [3.05, 3.63) is 136 Å². The number of aryl methyl sites for hydroxylation is 3. The second-order valence-electron chi connectivity index (χ2n) is 11.3. The van der Waals surface area contributed by atoms with Crippen molar-refractivity contribution >= 4 is 5.97 Å². The van der Waals surface area contributed by atoms with Crippen LogP contribution in [0.15, 0.2) is 91.0 Å². The molecule has 0 radical (unpaired) electrons. The lowest BCUT2D eigenvalue weighted by Crippen LogP contribution is -2.30. The molecule has 1 N–H and O–H groups in total. The van der Waals surface area contributed by atoms with Crippen LogP contribution in [0, 0.1) is 6.92 Å². The van der Waals surface area contributed by atoms with Gasteiger partial charge in [0, 0.05) is 19.6 Å². The van der Waals surface area contributed by atoms with E-state index < -0.39 is 12.1 Å². The molecule has 0 bridgehead atoms. The van der Waals surface area contributed by atoms with Crippen molar-refractivity contribution in [2.75, 3.05) is 26.8 Å². The Bertz CT molecular complexity index is 1480. The number of likely N-dealkylation sites (N-methyl/N-ethyl adjacent to an activating group) is 1. The molecular weight excluding hydrogens is 522 g/mol. The zero-order chi connectivity index (χ0) is 29.5. The number of carbonyl (C=O) groups is 1. The second-order valence-corrected chi connectivity index (χ2v) is 11.3. The number of carboxylic acids is 1. The number of rotatable bonds is 12. The van der Waals surface area contributed by atoms with E-state index >= 15 is 0 Å². The van der Waals surface area contributed by atoms with E-state index in [2.05, 4.69) is 85.6 Å². The van der Waals surface area contributed by atoms with E-state index in [0.717, 1.165) is 37.1 Å². The van der Waals surface area contributed by atoms with Crippen LogP contribution in [-0.4, -0.2) is 48.9 Å². The summed E-state index contributed by atoms with van der Waals surface area (Å²) in [6.45, 7) is 5.66. The summed E-state index contributed by atoms with van der Waals surface area (Å²) in [5.41, 5.74) is 10.5. The molecule has 0 fully saturated rings. The van der Waals surface area contributed by atoms with E-state index in [9.17, 15) is 9.90 Å². The normalized spacial score (nSPS) is 15.0. The molecule has 0 saturated carbocycles. The van der Waals surface area contributed by atoms with Gasteiger partial charge in [-0.25, -0.2) is 4.79 Å². The Hall–Kier alpha value is -3.93. The van der Waals surface area contributed by atoms with Gasteiger partial charge in [-0.1, -0.05) is 84.4 Å². The molecule has 2 atom stereocenters. The minimum atomic E-state index is -0.940. The fourth-order valence-electron chi connectivity index (χ4n) is 6.00. The molecule has 2 unspecified atom stereocenters. The highest BCUT2D eigenvalue weighted by molar-refractivity contribution is 5.72. The minimum Gasteiger partial charge on any atom is -0.492 e. The van der Waals surface area contributed by atoms with Crippen molar-refractivity contribution in [3.63, 3.8) is 0 Å². The zero-order valence-corrected chi connectivity index (χ0v) is 24.9. The quantitative estimate of drug-likeness (QED) is 0.205. The Morgan fingerprint density at radius 1 is 0.881 bits per heavy atom. The molecule has 4 aromatic carbocycles. The summed E-state index contributed by atoms with van der Waals surface area (Å²) in [4.78, 5) is 13.8. The average Bonchev–Trinajstić information content (AvgIpc) is 3.14. The zero-order valence-electron chi connectivity index (χ0n) is 24.9. The summed E-state index contributed by atoms with van der Waals surface area (Å²) >= 11 is 0. The van der Waals surface area contributed by atoms with Crippen LogP contribution in [0.2, 0.25) is 0 Å². The molecule has 0 aromatic heterocycles. The highest BCUT2D eigenvalue weighted by Crippen LogP contribution is 2.37. The third kappa shape index (κ3) is 7.28. The van der Waals surface area contributed by atoms with Crippen molar-refractivity contribution in [3.8, 4) is 5.75 Å². The smallest absolute Gasteiger partial charge is 0.333 e. The van der Waals surface area contributed by atoms with Gasteiger partial charge < -0.3 is 14.6 Å². The maximum absolute atomic E-state index is 11.4. The molecule has 0 aliphatic heterocycles. The van der Waals surface area contributed by atoms with Crippen LogP contribution in [0.3, 0.4) is 0 Å². The van der Waals surface area contributed by atoms with Crippen molar-refractivity contribution in [2.45, 2.75) is 51.7 Å². The van der Waals surface area contributed by atoms with Gasteiger partial charge in [-0.05, 0) is 91.2 Å². The molecule has 0 saturated heterocycles. The third-order valence-electron chi connectivity index (χ3n) is 8.15. The number of ether oxygens (including phenoxy) is 2. The van der Waals surface area contributed by atoms with Crippen LogP contribution >= 0.6 is 0 Å². The minimum absolute atomic E-state index is 0.154. The molecule has 0 heterocycles. The number of aliphatic carboxylic acids is 1. The number of fused-ring (bicyclic) bond motifs is 2. The van der Waals surface area contributed by atoms with Gasteiger partial charge in [-0.15, -0.1) is 0 Å². The summed E-state index contributed by atoms with van der Waals surface area (Å²) < 4.78 is 11.5. The molecule has 5 nitrogen and oxygen atoms in total. The number of carboxylic acid groups (broad SMARTS) is 1. The first-order valence-corrected chi connectivity index (χ1v) is 14.9. The lowest BCUT2D eigenvalue weighted by atomic mass is 9.91. The molecule has 0 amide bonds. The van der Waals surface area contributed by atoms with Crippen molar-refractivity contribution in [2.24, 2.45) is 0 Å². The summed E-state index contributed by atoms with van der Waals surface area (Å²) in [6.07, 6.45) is 2.51. The topological polar surface area (TPSA) is 59.0 Å². The highest BCUT2D eigenvalue weighted by Gasteiger charge is 2.27. The first-order valence-electron chi connectivity index (χ1n) is 14.9. The maximum Gasteiger partial charge on any atom is 0.333 e. The summed E-state index contributed by atoms with van der Waals surface area (Å²) in [6, 6.07) is 32.4. The van der Waals surface area contributed by atoms with E-state index in [-0.39, 0.29) is 6.04 Å². The summed E-state index contributed by atoms with van der Waals surface area (Å²) in [7, 11) is 2.19. The molecule has 4 aromatic rings. The average molecular weight is 564 g/mol. The van der Waals surface area contributed by atoms with Crippen LogP contribution in [0.4, 0.5) is 0 Å². The van der Waals surface area contributed by atoms with Crippen LogP contribution in [0.1, 0.15) is 57.5 Å². The van der Waals surface area contributed by atoms with E-state index in [1.807, 2.05) is 24.3 Å². The molecule has 0 spiro atoms. The molecular formula is C37H41NO4. The van der Waals surface area contributed by atoms with Gasteiger partial charge in [0.15, 0.2) is 6.10 Å². The fourth-order valence-corrected chi connectivity index (χ4v) is 6.00. The van der Waals surface area contributed by atoms with Gasteiger partial charge in [0.25, 0.3) is 0 Å². The fraction of sp³-hybridized carbons (Fsp3) is 0.324.